The van der Waals surface area contributed by atoms with E-state index in [-0.39, 0.29) is 5.56 Å². The van der Waals surface area contributed by atoms with Crippen molar-refractivity contribution < 1.29 is 19.4 Å². The van der Waals surface area contributed by atoms with Crippen LogP contribution >= 0.6 is 0 Å². The second-order valence-electron chi connectivity index (χ2n) is 5.85. The lowest BCUT2D eigenvalue weighted by atomic mass is 9.98. The van der Waals surface area contributed by atoms with E-state index in [1.165, 1.54) is 11.0 Å². The summed E-state index contributed by atoms with van der Waals surface area (Å²) in [5.41, 5.74) is 0.892. The van der Waals surface area contributed by atoms with Gasteiger partial charge in [-0.15, -0.1) is 0 Å². The molecule has 1 aromatic rings. The number of aryl methyl sites for hydroxylation is 1. The van der Waals surface area contributed by atoms with Crippen LogP contribution in [0.2, 0.25) is 0 Å². The van der Waals surface area contributed by atoms with E-state index in [4.69, 9.17) is 4.74 Å². The second-order valence-corrected chi connectivity index (χ2v) is 5.85. The Morgan fingerprint density at radius 2 is 2.00 bits per heavy atom. The third-order valence-electron chi connectivity index (χ3n) is 3.06. The van der Waals surface area contributed by atoms with Crippen LogP contribution in [0.25, 0.3) is 0 Å². The number of rotatable bonds is 1. The summed E-state index contributed by atoms with van der Waals surface area (Å²) < 4.78 is 5.36. The van der Waals surface area contributed by atoms with Crippen LogP contribution in [0.3, 0.4) is 0 Å². The van der Waals surface area contributed by atoms with E-state index in [2.05, 4.69) is 0 Å². The van der Waals surface area contributed by atoms with Gasteiger partial charge in [0, 0.05) is 6.54 Å². The Bertz CT molecular complexity index is 545. The fourth-order valence-electron chi connectivity index (χ4n) is 2.32. The molecule has 1 N–H and O–H groups in total. The van der Waals surface area contributed by atoms with E-state index in [1.807, 2.05) is 6.07 Å². The molecule has 0 radical (unpaired) electrons. The highest BCUT2D eigenvalue weighted by Gasteiger charge is 2.30. The van der Waals surface area contributed by atoms with Gasteiger partial charge in [-0.05, 0) is 45.2 Å². The average molecular weight is 277 g/mol. The van der Waals surface area contributed by atoms with E-state index in [0.29, 0.717) is 12.2 Å². The van der Waals surface area contributed by atoms with Crippen LogP contribution in [0.4, 0.5) is 10.5 Å². The number of hydrogen-bond acceptors (Lipinski definition) is 3. The maximum absolute atomic E-state index is 12.3. The number of aromatic carboxylic acids is 1. The lowest BCUT2D eigenvalue weighted by Crippen LogP contribution is -2.40. The third kappa shape index (κ3) is 2.92. The number of amides is 1. The highest BCUT2D eigenvalue weighted by molar-refractivity contribution is 6.01. The zero-order valence-corrected chi connectivity index (χ0v) is 12.0. The summed E-state index contributed by atoms with van der Waals surface area (Å²) in [4.78, 5) is 25.0. The van der Waals surface area contributed by atoms with Crippen molar-refractivity contribution in [2.45, 2.75) is 39.2 Å². The first kappa shape index (κ1) is 14.4. The largest absolute Gasteiger partial charge is 0.478 e. The normalized spacial score (nSPS) is 14.7. The lowest BCUT2D eigenvalue weighted by Gasteiger charge is -2.32. The van der Waals surface area contributed by atoms with Crippen molar-refractivity contribution >= 4 is 17.7 Å². The highest BCUT2D eigenvalue weighted by atomic mass is 16.6. The Hall–Kier alpha value is -2.04. The number of carbonyl (C=O) groups excluding carboxylic acids is 1. The molecule has 0 atom stereocenters. The fraction of sp³-hybridized carbons (Fsp3) is 0.467. The summed E-state index contributed by atoms with van der Waals surface area (Å²) >= 11 is 0. The molecule has 5 heteroatoms. The molecule has 0 fully saturated rings. The topological polar surface area (TPSA) is 66.8 Å². The average Bonchev–Trinajstić information content (AvgIpc) is 2.35. The maximum atomic E-state index is 12.3. The first-order valence-electron chi connectivity index (χ1n) is 6.65. The molecule has 0 bridgehead atoms. The smallest absolute Gasteiger partial charge is 0.414 e. The zero-order chi connectivity index (χ0) is 14.9. The molecule has 1 heterocycles. The molecule has 20 heavy (non-hydrogen) atoms. The van der Waals surface area contributed by atoms with Crippen molar-refractivity contribution in [3.05, 3.63) is 29.3 Å². The van der Waals surface area contributed by atoms with Crippen molar-refractivity contribution in [1.82, 2.24) is 0 Å². The van der Waals surface area contributed by atoms with Crippen molar-refractivity contribution in [2.75, 3.05) is 11.4 Å². The van der Waals surface area contributed by atoms with E-state index in [1.54, 1.807) is 26.8 Å². The summed E-state index contributed by atoms with van der Waals surface area (Å²) in [6, 6.07) is 5.09. The number of nitrogens with zero attached hydrogens (tertiary/aromatic N) is 1. The highest BCUT2D eigenvalue weighted by Crippen LogP contribution is 2.32. The summed E-state index contributed by atoms with van der Waals surface area (Å²) in [6.45, 7) is 5.85. The number of benzene rings is 1. The molecule has 0 aromatic heterocycles. The third-order valence-corrected chi connectivity index (χ3v) is 3.06. The quantitative estimate of drug-likeness (QED) is 0.856. The van der Waals surface area contributed by atoms with Gasteiger partial charge in [-0.25, -0.2) is 9.59 Å². The first-order chi connectivity index (χ1) is 9.29. The Kier molecular flexibility index (Phi) is 3.70. The number of carboxylic acids is 1. The van der Waals surface area contributed by atoms with Gasteiger partial charge in [-0.2, -0.15) is 0 Å². The molecular formula is C15H19NO4. The molecule has 0 saturated carbocycles. The van der Waals surface area contributed by atoms with Gasteiger partial charge in [0.15, 0.2) is 0 Å². The number of anilines is 1. The van der Waals surface area contributed by atoms with E-state index in [0.717, 1.165) is 18.4 Å². The van der Waals surface area contributed by atoms with Gasteiger partial charge in [0.2, 0.25) is 0 Å². The molecule has 0 aliphatic carbocycles. The Morgan fingerprint density at radius 3 is 2.60 bits per heavy atom. The van der Waals surface area contributed by atoms with Crippen LogP contribution in [0.5, 0.6) is 0 Å². The van der Waals surface area contributed by atoms with Crippen LogP contribution in [-0.4, -0.2) is 29.3 Å². The molecule has 2 rings (SSSR count). The molecule has 0 unspecified atom stereocenters. The summed E-state index contributed by atoms with van der Waals surface area (Å²) in [5.74, 6) is -1.03. The molecule has 1 amide bonds. The molecule has 1 aliphatic rings. The van der Waals surface area contributed by atoms with Crippen LogP contribution < -0.4 is 4.90 Å². The number of ether oxygens (including phenoxy) is 1. The number of fused-ring (bicyclic) bond motifs is 1. The zero-order valence-electron chi connectivity index (χ0n) is 12.0. The molecule has 1 aliphatic heterocycles. The Balaban J connectivity index is 2.41. The van der Waals surface area contributed by atoms with Crippen molar-refractivity contribution in [3.63, 3.8) is 0 Å². The van der Waals surface area contributed by atoms with Gasteiger partial charge in [-0.3, -0.25) is 4.90 Å². The maximum Gasteiger partial charge on any atom is 0.414 e. The minimum atomic E-state index is -1.03. The Labute approximate surface area is 118 Å². The predicted octanol–water partition coefficient (Wildman–Crippen LogP) is 3.07. The number of carboxylic acid groups (broad SMARTS) is 1. The number of hydrogen-bond donors (Lipinski definition) is 1. The minimum Gasteiger partial charge on any atom is -0.478 e. The van der Waals surface area contributed by atoms with E-state index in [9.17, 15) is 14.7 Å². The SMILES string of the molecule is CC(C)(C)OC(=O)N1CCCc2cccc(C(=O)O)c21. The van der Waals surface area contributed by atoms with Crippen molar-refractivity contribution in [1.29, 1.82) is 0 Å². The molecule has 1 aromatic carbocycles. The van der Waals surface area contributed by atoms with E-state index >= 15 is 0 Å². The fourth-order valence-corrected chi connectivity index (χ4v) is 2.32. The van der Waals surface area contributed by atoms with Crippen molar-refractivity contribution in [2.24, 2.45) is 0 Å². The summed E-state index contributed by atoms with van der Waals surface area (Å²) in [6.07, 6.45) is 1.08. The van der Waals surface area contributed by atoms with Crippen LogP contribution in [0, 0.1) is 0 Å². The lowest BCUT2D eigenvalue weighted by molar-refractivity contribution is 0.0577. The first-order valence-corrected chi connectivity index (χ1v) is 6.65. The molecular weight excluding hydrogens is 258 g/mol. The summed E-state index contributed by atoms with van der Waals surface area (Å²) in [7, 11) is 0. The predicted molar refractivity (Wildman–Crippen MR) is 75.3 cm³/mol. The number of carbonyl (C=O) groups is 2. The van der Waals surface area contributed by atoms with Gasteiger partial charge >= 0.3 is 12.1 Å². The van der Waals surface area contributed by atoms with Crippen LogP contribution in [0.1, 0.15) is 43.1 Å². The monoisotopic (exact) mass is 277 g/mol. The van der Waals surface area contributed by atoms with Crippen LogP contribution in [-0.2, 0) is 11.2 Å². The minimum absolute atomic E-state index is 0.146. The van der Waals surface area contributed by atoms with Gasteiger partial charge < -0.3 is 9.84 Å². The Morgan fingerprint density at radius 1 is 1.30 bits per heavy atom. The van der Waals surface area contributed by atoms with Crippen molar-refractivity contribution in [3.8, 4) is 0 Å². The molecule has 5 nitrogen and oxygen atoms in total. The van der Waals surface area contributed by atoms with Gasteiger partial charge in [0.1, 0.15) is 5.60 Å². The number of para-hydroxylation sites is 1. The van der Waals surface area contributed by atoms with Gasteiger partial charge in [0.05, 0.1) is 11.3 Å². The van der Waals surface area contributed by atoms with Gasteiger partial charge in [0.25, 0.3) is 0 Å². The van der Waals surface area contributed by atoms with E-state index < -0.39 is 17.7 Å². The molecule has 108 valence electrons. The standard InChI is InChI=1S/C15H19NO4/c1-15(2,3)20-14(19)16-9-5-7-10-6-4-8-11(12(10)16)13(17)18/h4,6,8H,5,7,9H2,1-3H3,(H,17,18). The summed E-state index contributed by atoms with van der Waals surface area (Å²) in [5, 5.41) is 9.29. The molecule has 0 spiro atoms. The van der Waals surface area contributed by atoms with Gasteiger partial charge in [-0.1, -0.05) is 12.1 Å². The molecule has 0 saturated heterocycles. The second kappa shape index (κ2) is 5.15. The van der Waals surface area contributed by atoms with Crippen LogP contribution in [0.15, 0.2) is 18.2 Å².